The summed E-state index contributed by atoms with van der Waals surface area (Å²) in [6.07, 6.45) is 0. The molecule has 0 radical (unpaired) electrons. The van der Waals surface area contributed by atoms with Crippen molar-refractivity contribution in [2.75, 3.05) is 19.9 Å². The Morgan fingerprint density at radius 3 is 2.62 bits per heavy atom. The molecule has 34 heavy (non-hydrogen) atoms. The van der Waals surface area contributed by atoms with E-state index in [-0.39, 0.29) is 23.0 Å². The summed E-state index contributed by atoms with van der Waals surface area (Å²) >= 11 is 7.27. The summed E-state index contributed by atoms with van der Waals surface area (Å²) < 4.78 is 20.1. The second-order valence-electron chi connectivity index (χ2n) is 7.53. The normalized spacial score (nSPS) is 10.9. The Hall–Kier alpha value is -3.36. The lowest BCUT2D eigenvalue weighted by Gasteiger charge is -2.18. The van der Waals surface area contributed by atoms with Crippen LogP contribution in [-0.2, 0) is 11.3 Å². The number of hydrogen-bond donors (Lipinski definition) is 0. The van der Waals surface area contributed by atoms with Crippen LogP contribution in [0.4, 0.5) is 4.39 Å². The molecule has 6 nitrogen and oxygen atoms in total. The van der Waals surface area contributed by atoms with Gasteiger partial charge in [0.15, 0.2) is 5.16 Å². The number of thioether (sulfide) groups is 1. The van der Waals surface area contributed by atoms with Crippen LogP contribution in [0, 0.1) is 5.82 Å². The molecule has 1 heterocycles. The topological polar surface area (TPSA) is 64.4 Å². The Balaban J connectivity index is 1.67. The van der Waals surface area contributed by atoms with Crippen LogP contribution in [0.1, 0.15) is 5.56 Å². The average Bonchev–Trinajstić information content (AvgIpc) is 2.83. The Kier molecular flexibility index (Phi) is 7.19. The summed E-state index contributed by atoms with van der Waals surface area (Å²) in [4.78, 5) is 32.5. The van der Waals surface area contributed by atoms with E-state index in [0.717, 1.165) is 17.3 Å². The lowest BCUT2D eigenvalue weighted by Crippen LogP contribution is -2.28. The Labute approximate surface area is 204 Å². The van der Waals surface area contributed by atoms with Crippen LogP contribution in [-0.4, -0.2) is 40.3 Å². The van der Waals surface area contributed by atoms with Crippen LogP contribution < -0.4 is 10.3 Å². The van der Waals surface area contributed by atoms with Gasteiger partial charge in [0, 0.05) is 18.6 Å². The highest BCUT2D eigenvalue weighted by molar-refractivity contribution is 7.99. The molecule has 0 aliphatic carbocycles. The number of amides is 1. The summed E-state index contributed by atoms with van der Waals surface area (Å²) in [5.41, 5.74) is 1.49. The van der Waals surface area contributed by atoms with Gasteiger partial charge >= 0.3 is 0 Å². The lowest BCUT2D eigenvalue weighted by atomic mass is 10.2. The monoisotopic (exact) mass is 497 g/mol. The van der Waals surface area contributed by atoms with Gasteiger partial charge in [-0.15, -0.1) is 0 Å². The SMILES string of the molecule is COc1ccccc1-n1c(SCC(=O)N(C)Cc2ccc(F)cc2)nc2cc(Cl)ccc2c1=O. The third-order valence-corrected chi connectivity index (χ3v) is 6.37. The summed E-state index contributed by atoms with van der Waals surface area (Å²) in [5.74, 6) is 0.0541. The van der Waals surface area contributed by atoms with E-state index in [0.29, 0.717) is 39.1 Å². The first-order valence-corrected chi connectivity index (χ1v) is 11.7. The van der Waals surface area contributed by atoms with Crippen molar-refractivity contribution in [3.8, 4) is 11.4 Å². The second kappa shape index (κ2) is 10.3. The van der Waals surface area contributed by atoms with E-state index in [9.17, 15) is 14.0 Å². The molecule has 1 aromatic heterocycles. The fourth-order valence-electron chi connectivity index (χ4n) is 3.45. The van der Waals surface area contributed by atoms with Crippen molar-refractivity contribution in [3.05, 3.63) is 93.5 Å². The molecule has 1 amide bonds. The van der Waals surface area contributed by atoms with Crippen molar-refractivity contribution in [1.82, 2.24) is 14.5 Å². The standard InChI is InChI=1S/C25H21ClFN3O3S/c1-29(14-16-7-10-18(27)11-8-16)23(31)15-34-25-28-20-13-17(26)9-12-19(20)24(32)30(25)21-5-3-4-6-22(21)33-2/h3-13H,14-15H2,1-2H3. The minimum atomic E-state index is -0.329. The van der Waals surface area contributed by atoms with E-state index >= 15 is 0 Å². The number of methoxy groups -OCH3 is 1. The third kappa shape index (κ3) is 5.08. The highest BCUT2D eigenvalue weighted by Gasteiger charge is 2.19. The van der Waals surface area contributed by atoms with Gasteiger partial charge in [0.25, 0.3) is 5.56 Å². The van der Waals surface area contributed by atoms with Crippen molar-refractivity contribution >= 4 is 40.2 Å². The number of carbonyl (C=O) groups excluding carboxylic acids is 1. The molecule has 4 rings (SSSR count). The first kappa shape index (κ1) is 23.8. The van der Waals surface area contributed by atoms with Gasteiger partial charge in [-0.2, -0.15) is 0 Å². The molecular weight excluding hydrogens is 477 g/mol. The van der Waals surface area contributed by atoms with Gasteiger partial charge in [0.2, 0.25) is 5.91 Å². The maximum absolute atomic E-state index is 13.5. The minimum absolute atomic E-state index is 0.0470. The fourth-order valence-corrected chi connectivity index (χ4v) is 4.56. The zero-order valence-corrected chi connectivity index (χ0v) is 20.1. The maximum Gasteiger partial charge on any atom is 0.266 e. The number of ether oxygens (including phenoxy) is 1. The Morgan fingerprint density at radius 2 is 1.88 bits per heavy atom. The lowest BCUT2D eigenvalue weighted by molar-refractivity contribution is -0.127. The third-order valence-electron chi connectivity index (χ3n) is 5.21. The van der Waals surface area contributed by atoms with Gasteiger partial charge in [-0.25, -0.2) is 9.37 Å². The predicted octanol–water partition coefficient (Wildman–Crippen LogP) is 4.94. The molecular formula is C25H21ClFN3O3S. The molecule has 0 atom stereocenters. The highest BCUT2D eigenvalue weighted by atomic mass is 35.5. The number of rotatable bonds is 7. The molecule has 4 aromatic rings. The molecule has 0 aliphatic rings. The fraction of sp³-hybridized carbons (Fsp3) is 0.160. The molecule has 3 aromatic carbocycles. The number of nitrogens with zero attached hydrogens (tertiary/aromatic N) is 3. The van der Waals surface area contributed by atoms with Crippen molar-refractivity contribution in [1.29, 1.82) is 0 Å². The molecule has 0 N–H and O–H groups in total. The van der Waals surface area contributed by atoms with Crippen LogP contribution >= 0.6 is 23.4 Å². The predicted molar refractivity (Wildman–Crippen MR) is 132 cm³/mol. The molecule has 0 saturated carbocycles. The molecule has 0 bridgehead atoms. The van der Waals surface area contributed by atoms with Crippen LogP contribution in [0.5, 0.6) is 5.75 Å². The van der Waals surface area contributed by atoms with Crippen molar-refractivity contribution in [2.24, 2.45) is 0 Å². The van der Waals surface area contributed by atoms with Crippen LogP contribution in [0.25, 0.3) is 16.6 Å². The number of carbonyl (C=O) groups is 1. The molecule has 0 aliphatic heterocycles. The van der Waals surface area contributed by atoms with Crippen molar-refractivity contribution in [3.63, 3.8) is 0 Å². The van der Waals surface area contributed by atoms with Crippen molar-refractivity contribution in [2.45, 2.75) is 11.7 Å². The van der Waals surface area contributed by atoms with E-state index in [2.05, 4.69) is 4.98 Å². The quantitative estimate of drug-likeness (QED) is 0.267. The van der Waals surface area contributed by atoms with Gasteiger partial charge in [-0.05, 0) is 48.0 Å². The summed E-state index contributed by atoms with van der Waals surface area (Å²) in [5, 5.41) is 1.20. The van der Waals surface area contributed by atoms with E-state index in [1.807, 2.05) is 6.07 Å². The zero-order valence-electron chi connectivity index (χ0n) is 18.5. The van der Waals surface area contributed by atoms with Crippen LogP contribution in [0.15, 0.2) is 76.7 Å². The highest BCUT2D eigenvalue weighted by Crippen LogP contribution is 2.28. The smallest absolute Gasteiger partial charge is 0.266 e. The summed E-state index contributed by atoms with van der Waals surface area (Å²) in [6, 6.07) is 18.0. The largest absolute Gasteiger partial charge is 0.495 e. The number of para-hydroxylation sites is 2. The molecule has 174 valence electrons. The van der Waals surface area contributed by atoms with Crippen LogP contribution in [0.2, 0.25) is 5.02 Å². The van der Waals surface area contributed by atoms with Gasteiger partial charge in [-0.3, -0.25) is 14.2 Å². The molecule has 0 spiro atoms. The number of fused-ring (bicyclic) bond motifs is 1. The Morgan fingerprint density at radius 1 is 1.15 bits per heavy atom. The van der Waals surface area contributed by atoms with Gasteiger partial charge in [-0.1, -0.05) is 47.6 Å². The summed E-state index contributed by atoms with van der Waals surface area (Å²) in [6.45, 7) is 0.333. The van der Waals surface area contributed by atoms with Crippen molar-refractivity contribution < 1.29 is 13.9 Å². The maximum atomic E-state index is 13.5. The molecule has 0 saturated heterocycles. The summed E-state index contributed by atoms with van der Waals surface area (Å²) in [7, 11) is 3.20. The van der Waals surface area contributed by atoms with Gasteiger partial charge < -0.3 is 9.64 Å². The average molecular weight is 498 g/mol. The van der Waals surface area contributed by atoms with Crippen LogP contribution in [0.3, 0.4) is 0 Å². The number of halogens is 2. The van der Waals surface area contributed by atoms with Gasteiger partial charge in [0.1, 0.15) is 11.6 Å². The number of aromatic nitrogens is 2. The van der Waals surface area contributed by atoms with E-state index in [4.69, 9.17) is 16.3 Å². The number of benzene rings is 3. The first-order valence-electron chi connectivity index (χ1n) is 10.3. The van der Waals surface area contributed by atoms with E-state index < -0.39 is 0 Å². The number of hydrogen-bond acceptors (Lipinski definition) is 5. The molecule has 0 unspecified atom stereocenters. The Bertz CT molecular complexity index is 1410. The molecule has 9 heteroatoms. The van der Waals surface area contributed by atoms with E-state index in [1.165, 1.54) is 23.8 Å². The van der Waals surface area contributed by atoms with E-state index in [1.54, 1.807) is 60.5 Å². The molecule has 0 fully saturated rings. The minimum Gasteiger partial charge on any atom is -0.495 e. The second-order valence-corrected chi connectivity index (χ2v) is 8.91. The first-order chi connectivity index (χ1) is 16.4. The van der Waals surface area contributed by atoms with Gasteiger partial charge in [0.05, 0.1) is 29.5 Å². The zero-order chi connectivity index (χ0) is 24.2.